The van der Waals surface area contributed by atoms with Gasteiger partial charge in [0.1, 0.15) is 0 Å². The summed E-state index contributed by atoms with van der Waals surface area (Å²) in [5.41, 5.74) is 0. The van der Waals surface area contributed by atoms with Gasteiger partial charge in [-0.15, -0.1) is 0 Å². The van der Waals surface area contributed by atoms with Crippen molar-refractivity contribution in [3.63, 3.8) is 0 Å². The second-order valence-corrected chi connectivity index (χ2v) is 14.3. The van der Waals surface area contributed by atoms with Crippen LogP contribution in [0.1, 0.15) is 0 Å². The molecule has 28 heavy (non-hydrogen) atoms. The van der Waals surface area contributed by atoms with Crippen molar-refractivity contribution in [2.75, 3.05) is 0 Å². The van der Waals surface area contributed by atoms with Gasteiger partial charge >= 0.3 is 57.6 Å². The summed E-state index contributed by atoms with van der Waals surface area (Å²) in [7, 11) is 0. The van der Waals surface area contributed by atoms with E-state index in [2.05, 4.69) is 84.9 Å². The Labute approximate surface area is 170 Å². The molecule has 0 spiro atoms. The normalized spacial score (nSPS) is 14.1. The van der Waals surface area contributed by atoms with Crippen molar-refractivity contribution in [3.05, 3.63) is 92.1 Å². The average molecular weight is 617 g/mol. The molecule has 8 heteroatoms. The summed E-state index contributed by atoms with van der Waals surface area (Å²) in [4.78, 5) is 0. The monoisotopic (exact) mass is 616 g/mol. The maximum atomic E-state index is 9.93. The molecule has 4 rings (SSSR count). The zero-order valence-electron chi connectivity index (χ0n) is 14.2. The molecule has 0 nitrogen and oxygen atoms in total. The van der Waals surface area contributed by atoms with Gasteiger partial charge in [0.2, 0.25) is 7.14 Å². The summed E-state index contributed by atoms with van der Waals surface area (Å²) < 4.78 is 62.6. The second-order valence-electron chi connectivity index (χ2n) is 5.97. The fourth-order valence-electron chi connectivity index (χ4n) is 2.65. The molecule has 0 saturated carbocycles. The number of fused-ring (bicyclic) bond motifs is 2. The molecule has 148 valence electrons. The molecular weight excluding hydrogens is 603 g/mol. The van der Waals surface area contributed by atoms with Crippen LogP contribution in [0.4, 0.5) is 16.9 Å². The minimum absolute atomic E-state index is 0.176. The summed E-state index contributed by atoms with van der Waals surface area (Å²) in [5, 5.41) is 5.49. The molecular formula is C20H14F6ISb. The first-order valence-electron chi connectivity index (χ1n) is 8.03. The number of benzene rings is 4. The van der Waals surface area contributed by atoms with Gasteiger partial charge in [-0.1, -0.05) is 60.7 Å². The van der Waals surface area contributed by atoms with Crippen LogP contribution in [0.2, 0.25) is 0 Å². The smallest absolute Gasteiger partial charge is 0.0616 e. The SMILES string of the molecule is [F][Sb-]([F])([F])([F])([F])[F].c1ccc2c([I+]c3cccc4ccccc34)cccc2c1. The van der Waals surface area contributed by atoms with E-state index in [1.165, 1.54) is 28.7 Å². The molecule has 0 saturated heterocycles. The van der Waals surface area contributed by atoms with E-state index < -0.39 is 19.5 Å². The minimum atomic E-state index is -11.2. The number of hydrogen-bond acceptors (Lipinski definition) is 0. The van der Waals surface area contributed by atoms with Crippen LogP contribution in [-0.2, 0) is 0 Å². The molecule has 0 amide bonds. The Morgan fingerprint density at radius 3 is 1.18 bits per heavy atom. The van der Waals surface area contributed by atoms with Gasteiger partial charge in [-0.3, -0.25) is 0 Å². The Morgan fingerprint density at radius 1 is 0.464 bits per heavy atom. The Morgan fingerprint density at radius 2 is 0.786 bits per heavy atom. The summed E-state index contributed by atoms with van der Waals surface area (Å²) in [6.45, 7) is 0. The van der Waals surface area contributed by atoms with Crippen molar-refractivity contribution in [1.29, 1.82) is 0 Å². The first-order valence-corrected chi connectivity index (χ1v) is 16.0. The van der Waals surface area contributed by atoms with Gasteiger partial charge < -0.3 is 0 Å². The summed E-state index contributed by atoms with van der Waals surface area (Å²) in [6, 6.07) is 30.7. The van der Waals surface area contributed by atoms with Gasteiger partial charge in [0.25, 0.3) is 0 Å². The van der Waals surface area contributed by atoms with Crippen LogP contribution in [0.3, 0.4) is 0 Å². The number of hydrogen-bond donors (Lipinski definition) is 0. The van der Waals surface area contributed by atoms with E-state index in [-0.39, 0.29) is 21.2 Å². The maximum absolute atomic E-state index is 11.2. The molecule has 4 aromatic carbocycles. The summed E-state index contributed by atoms with van der Waals surface area (Å²) in [6.07, 6.45) is 0. The summed E-state index contributed by atoms with van der Waals surface area (Å²) >= 11 is -11.4. The Balaban J connectivity index is 0.000000279. The maximum Gasteiger partial charge on any atom is 0.359 e. The van der Waals surface area contributed by atoms with Crippen molar-refractivity contribution in [1.82, 2.24) is 0 Å². The molecule has 0 heterocycles. The molecule has 0 aliphatic carbocycles. The Bertz CT molecular complexity index is 1040. The zero-order chi connectivity index (χ0) is 20.5. The molecule has 0 aliphatic heterocycles. The van der Waals surface area contributed by atoms with Crippen molar-refractivity contribution in [3.8, 4) is 0 Å². The van der Waals surface area contributed by atoms with E-state index in [0.29, 0.717) is 0 Å². The third-order valence-corrected chi connectivity index (χ3v) is 6.72. The van der Waals surface area contributed by atoms with Crippen LogP contribution >= 0.6 is 0 Å². The van der Waals surface area contributed by atoms with Gasteiger partial charge in [0, 0.05) is 10.8 Å². The van der Waals surface area contributed by atoms with E-state index in [1.807, 2.05) is 0 Å². The zero-order valence-corrected chi connectivity index (χ0v) is 18.9. The number of halogens is 7. The third kappa shape index (κ3) is 6.85. The fraction of sp³-hybridized carbons (Fsp3) is 0. The molecule has 4 aromatic rings. The van der Waals surface area contributed by atoms with Gasteiger partial charge in [-0.2, -0.15) is 0 Å². The van der Waals surface area contributed by atoms with Crippen molar-refractivity contribution in [2.45, 2.75) is 0 Å². The van der Waals surface area contributed by atoms with Crippen LogP contribution in [0.5, 0.6) is 0 Å². The third-order valence-electron chi connectivity index (χ3n) is 3.68. The van der Waals surface area contributed by atoms with Gasteiger partial charge in [0.15, 0.2) is 0 Å². The predicted molar refractivity (Wildman–Crippen MR) is 97.7 cm³/mol. The van der Waals surface area contributed by atoms with Crippen LogP contribution in [0.25, 0.3) is 21.5 Å². The van der Waals surface area contributed by atoms with Crippen LogP contribution in [0.15, 0.2) is 84.9 Å². The van der Waals surface area contributed by atoms with Gasteiger partial charge in [-0.05, 0) is 35.0 Å². The van der Waals surface area contributed by atoms with E-state index in [4.69, 9.17) is 0 Å². The van der Waals surface area contributed by atoms with Crippen LogP contribution in [0, 0.1) is 7.14 Å². The van der Waals surface area contributed by atoms with Gasteiger partial charge in [0.05, 0.1) is 0 Å². The first kappa shape index (κ1) is 21.2. The van der Waals surface area contributed by atoms with E-state index >= 15 is 0 Å². The Kier molecular flexibility index (Phi) is 5.38. The van der Waals surface area contributed by atoms with Crippen molar-refractivity contribution in [2.24, 2.45) is 0 Å². The quantitative estimate of drug-likeness (QED) is 0.179. The topological polar surface area (TPSA) is 0 Å². The molecule has 0 aliphatic rings. The van der Waals surface area contributed by atoms with E-state index in [9.17, 15) is 16.9 Å². The summed E-state index contributed by atoms with van der Waals surface area (Å²) in [5.74, 6) is 0. The minimum Gasteiger partial charge on any atom is -0.0616 e. The molecule has 0 unspecified atom stereocenters. The number of rotatable bonds is 2. The first-order chi connectivity index (χ1) is 12.9. The molecule has 0 radical (unpaired) electrons. The molecule has 0 aromatic heterocycles. The largest absolute Gasteiger partial charge is 0.359 e. The molecule has 0 atom stereocenters. The molecule has 0 bridgehead atoms. The fourth-order valence-corrected chi connectivity index (χ4v) is 5.61. The van der Waals surface area contributed by atoms with Gasteiger partial charge in [-0.25, -0.2) is 0 Å². The van der Waals surface area contributed by atoms with E-state index in [1.54, 1.807) is 0 Å². The second kappa shape index (κ2) is 7.09. The van der Waals surface area contributed by atoms with Crippen LogP contribution in [-0.4, -0.2) is 19.5 Å². The van der Waals surface area contributed by atoms with Crippen molar-refractivity contribution < 1.29 is 38.1 Å². The predicted octanol–water partition coefficient (Wildman–Crippen LogP) is 4.26. The standard InChI is InChI=1S/C20H14I.6FH.Sb/c1-3-11-17-15(7-1)9-5-13-19(17)21-20-14-6-10-16-8-2-4-12-18(16)20;;;;;;;/h1-14H;6*1H;/q+1;;;;;;;+5/p-6. The molecule has 0 fully saturated rings. The van der Waals surface area contributed by atoms with Crippen molar-refractivity contribution >= 4 is 41.0 Å². The average Bonchev–Trinajstić information content (AvgIpc) is 2.60. The van der Waals surface area contributed by atoms with Crippen LogP contribution < -0.4 is 21.2 Å². The molecule has 0 N–H and O–H groups in total. The van der Waals surface area contributed by atoms with E-state index in [0.717, 1.165) is 0 Å². The Hall–Kier alpha value is -1.47.